The van der Waals surface area contributed by atoms with Crippen LogP contribution in [0.15, 0.2) is 66.9 Å². The molecule has 0 N–H and O–H groups in total. The largest absolute Gasteiger partial charge is 0.466 e. The SMILES string of the molecule is CCOC(=O)CC(C1O[C@@H]2OC(C)(C)O[C@@H]2[C@H]1OCc1ccccc1)n1cc(COC2C(COCc3ccccc3)OC3OC(C)(C)OC32)nn1. The molecule has 4 fully saturated rings. The first-order valence-corrected chi connectivity index (χ1v) is 17.5. The predicted molar refractivity (Wildman–Crippen MR) is 177 cm³/mol. The second kappa shape index (κ2) is 15.3. The van der Waals surface area contributed by atoms with Crippen LogP contribution >= 0.6 is 0 Å². The summed E-state index contributed by atoms with van der Waals surface area (Å²) in [6.07, 6.45) is -2.80. The van der Waals surface area contributed by atoms with Gasteiger partial charge in [0.25, 0.3) is 0 Å². The highest BCUT2D eigenvalue weighted by Gasteiger charge is 2.58. The number of aromatic nitrogens is 3. The second-order valence-electron chi connectivity index (χ2n) is 14.0. The molecular formula is C37H47N3O11. The quantitative estimate of drug-likeness (QED) is 0.208. The van der Waals surface area contributed by atoms with E-state index in [0.29, 0.717) is 18.9 Å². The van der Waals surface area contributed by atoms with E-state index in [1.807, 2.05) is 88.4 Å². The van der Waals surface area contributed by atoms with Crippen LogP contribution in [0.25, 0.3) is 0 Å². The number of hydrogen-bond acceptors (Lipinski definition) is 13. The van der Waals surface area contributed by atoms with Crippen LogP contribution in [0.5, 0.6) is 0 Å². The van der Waals surface area contributed by atoms with E-state index >= 15 is 0 Å². The Morgan fingerprint density at radius 2 is 1.41 bits per heavy atom. The number of carbonyl (C=O) groups excluding carboxylic acids is 1. The summed E-state index contributed by atoms with van der Waals surface area (Å²) in [5, 5.41) is 8.85. The highest BCUT2D eigenvalue weighted by molar-refractivity contribution is 5.70. The summed E-state index contributed by atoms with van der Waals surface area (Å²) in [6.45, 7) is 10.5. The van der Waals surface area contributed by atoms with E-state index in [0.717, 1.165) is 11.1 Å². The van der Waals surface area contributed by atoms with Crippen molar-refractivity contribution in [3.63, 3.8) is 0 Å². The molecule has 0 saturated carbocycles. The van der Waals surface area contributed by atoms with Crippen LogP contribution < -0.4 is 0 Å². The summed E-state index contributed by atoms with van der Waals surface area (Å²) in [7, 11) is 0. The van der Waals surface area contributed by atoms with E-state index in [2.05, 4.69) is 10.3 Å². The highest BCUT2D eigenvalue weighted by Crippen LogP contribution is 2.43. The number of benzene rings is 2. The maximum atomic E-state index is 13.0. The van der Waals surface area contributed by atoms with Gasteiger partial charge in [-0.2, -0.15) is 0 Å². The van der Waals surface area contributed by atoms with E-state index in [-0.39, 0.29) is 26.2 Å². The van der Waals surface area contributed by atoms with Crippen LogP contribution in [-0.4, -0.2) is 95.0 Å². The van der Waals surface area contributed by atoms with Gasteiger partial charge in [0.15, 0.2) is 24.2 Å². The number of nitrogens with zero attached hydrogens (tertiary/aromatic N) is 3. The molecule has 0 spiro atoms. The fourth-order valence-corrected chi connectivity index (χ4v) is 6.99. The third-order valence-corrected chi connectivity index (χ3v) is 9.17. The van der Waals surface area contributed by atoms with Crippen LogP contribution in [0.2, 0.25) is 0 Å². The maximum Gasteiger partial charge on any atom is 0.308 e. The van der Waals surface area contributed by atoms with E-state index in [1.54, 1.807) is 17.8 Å². The van der Waals surface area contributed by atoms with Gasteiger partial charge < -0.3 is 47.4 Å². The van der Waals surface area contributed by atoms with Crippen molar-refractivity contribution in [2.75, 3.05) is 13.2 Å². The van der Waals surface area contributed by atoms with Crippen molar-refractivity contribution in [1.82, 2.24) is 15.0 Å². The number of carbonyl (C=O) groups is 1. The van der Waals surface area contributed by atoms with Gasteiger partial charge >= 0.3 is 5.97 Å². The Kier molecular flexibility index (Phi) is 10.9. The van der Waals surface area contributed by atoms with Crippen LogP contribution in [0, 0.1) is 0 Å². The first-order valence-electron chi connectivity index (χ1n) is 17.5. The molecule has 276 valence electrons. The van der Waals surface area contributed by atoms with Gasteiger partial charge in [0.1, 0.15) is 42.3 Å². The molecule has 5 heterocycles. The zero-order chi connectivity index (χ0) is 35.6. The van der Waals surface area contributed by atoms with Crippen LogP contribution in [-0.2, 0) is 72.0 Å². The second-order valence-corrected chi connectivity index (χ2v) is 14.0. The van der Waals surface area contributed by atoms with Gasteiger partial charge in [-0.25, -0.2) is 4.68 Å². The molecule has 14 nitrogen and oxygen atoms in total. The van der Waals surface area contributed by atoms with Crippen molar-refractivity contribution in [2.45, 2.75) is 128 Å². The Bertz CT molecular complexity index is 1590. The molecular weight excluding hydrogens is 662 g/mol. The molecule has 1 aromatic heterocycles. The molecule has 0 amide bonds. The Morgan fingerprint density at radius 3 is 2.08 bits per heavy atom. The van der Waals surface area contributed by atoms with Crippen molar-refractivity contribution in [3.8, 4) is 0 Å². The molecule has 4 aliphatic rings. The lowest BCUT2D eigenvalue weighted by atomic mass is 10.0. The molecule has 7 rings (SSSR count). The summed E-state index contributed by atoms with van der Waals surface area (Å²) in [5.74, 6) is -2.09. The molecule has 2 aromatic carbocycles. The van der Waals surface area contributed by atoms with Crippen molar-refractivity contribution < 1.29 is 52.2 Å². The molecule has 14 heteroatoms. The topological polar surface area (TPSA) is 140 Å². The summed E-state index contributed by atoms with van der Waals surface area (Å²) in [4.78, 5) is 13.0. The van der Waals surface area contributed by atoms with Gasteiger partial charge in [0, 0.05) is 0 Å². The number of hydrogen-bond donors (Lipinski definition) is 0. The summed E-state index contributed by atoms with van der Waals surface area (Å²) >= 11 is 0. The van der Waals surface area contributed by atoms with E-state index < -0.39 is 72.8 Å². The molecule has 0 radical (unpaired) electrons. The number of ether oxygens (including phenoxy) is 10. The Hall–Kier alpha value is -3.31. The minimum absolute atomic E-state index is 0.0441. The van der Waals surface area contributed by atoms with Crippen LogP contribution in [0.4, 0.5) is 0 Å². The standard InChI is InChI=1S/C37H47N3O11/c1-6-43-28(41)17-26(29-31(44-20-24-15-11-8-12-16-24)33-35(47-29)51-37(4,5)49-33)40-18-25(38-39-40)21-45-30-27(22-42-19-23-13-9-7-10-14-23)46-34-32(30)48-36(2,3)50-34/h7-16,18,26-27,29-35H,6,17,19-22H2,1-5H3/t26?,27?,29?,30?,31-,32?,33+,34?,35+/m0/s1. The number of fused-ring (bicyclic) bond motifs is 2. The average Bonchev–Trinajstić information content (AvgIpc) is 3.89. The third-order valence-electron chi connectivity index (χ3n) is 9.17. The lowest BCUT2D eigenvalue weighted by Crippen LogP contribution is -2.42. The molecule has 3 aromatic rings. The van der Waals surface area contributed by atoms with E-state index in [4.69, 9.17) is 47.4 Å². The minimum Gasteiger partial charge on any atom is -0.466 e. The van der Waals surface area contributed by atoms with Gasteiger partial charge in [-0.1, -0.05) is 65.9 Å². The minimum atomic E-state index is -0.861. The molecule has 4 saturated heterocycles. The molecule has 9 atom stereocenters. The van der Waals surface area contributed by atoms with Gasteiger partial charge in [-0.05, 0) is 45.7 Å². The van der Waals surface area contributed by atoms with Crippen molar-refractivity contribution in [2.24, 2.45) is 0 Å². The van der Waals surface area contributed by atoms with Crippen molar-refractivity contribution in [1.29, 1.82) is 0 Å². The van der Waals surface area contributed by atoms with Crippen LogP contribution in [0.1, 0.15) is 63.9 Å². The fraction of sp³-hybridized carbons (Fsp3) is 0.595. The van der Waals surface area contributed by atoms with Gasteiger partial charge in [-0.3, -0.25) is 4.79 Å². The average molecular weight is 710 g/mol. The van der Waals surface area contributed by atoms with Gasteiger partial charge in [0.2, 0.25) is 0 Å². The smallest absolute Gasteiger partial charge is 0.308 e. The Morgan fingerprint density at radius 1 is 0.804 bits per heavy atom. The summed E-state index contributed by atoms with van der Waals surface area (Å²) in [6, 6.07) is 19.1. The Labute approximate surface area is 297 Å². The van der Waals surface area contributed by atoms with Crippen molar-refractivity contribution >= 4 is 5.97 Å². The number of esters is 1. The predicted octanol–water partition coefficient (Wildman–Crippen LogP) is 4.21. The zero-order valence-corrected chi connectivity index (χ0v) is 29.6. The molecule has 0 aliphatic carbocycles. The van der Waals surface area contributed by atoms with E-state index in [1.165, 1.54) is 0 Å². The fourth-order valence-electron chi connectivity index (χ4n) is 6.99. The molecule has 51 heavy (non-hydrogen) atoms. The molecule has 4 aliphatic heterocycles. The molecule has 6 unspecified atom stereocenters. The van der Waals surface area contributed by atoms with E-state index in [9.17, 15) is 4.79 Å². The monoisotopic (exact) mass is 709 g/mol. The third kappa shape index (κ3) is 8.51. The Balaban J connectivity index is 1.07. The first-order chi connectivity index (χ1) is 24.6. The first kappa shape index (κ1) is 36.1. The zero-order valence-electron chi connectivity index (χ0n) is 29.6. The highest BCUT2D eigenvalue weighted by atomic mass is 16.9. The summed E-state index contributed by atoms with van der Waals surface area (Å²) in [5.41, 5.74) is 2.57. The summed E-state index contributed by atoms with van der Waals surface area (Å²) < 4.78 is 63.1. The van der Waals surface area contributed by atoms with Crippen molar-refractivity contribution in [3.05, 3.63) is 83.7 Å². The lowest BCUT2D eigenvalue weighted by Gasteiger charge is -2.30. The normalized spacial score (nSPS) is 31.0. The van der Waals surface area contributed by atoms with Gasteiger partial charge in [0.05, 0.1) is 51.7 Å². The molecule has 0 bridgehead atoms. The maximum absolute atomic E-state index is 13.0. The lowest BCUT2D eigenvalue weighted by molar-refractivity contribution is -0.225. The van der Waals surface area contributed by atoms with Crippen LogP contribution in [0.3, 0.4) is 0 Å². The number of rotatable bonds is 15. The van der Waals surface area contributed by atoms with Gasteiger partial charge in [-0.15, -0.1) is 5.10 Å².